The molecule has 0 aliphatic rings. The third-order valence-electron chi connectivity index (χ3n) is 4.61. The first-order chi connectivity index (χ1) is 13.8. The molecule has 6 heteroatoms. The number of carbonyl (C=O) groups is 2. The van der Waals surface area contributed by atoms with Crippen molar-refractivity contribution in [2.75, 3.05) is 13.7 Å². The maximum Gasteiger partial charge on any atom is 0.242 e. The first-order valence-electron chi connectivity index (χ1n) is 9.74. The van der Waals surface area contributed by atoms with Gasteiger partial charge in [-0.1, -0.05) is 49.7 Å². The number of ether oxygens (including phenoxy) is 1. The average Bonchev–Trinajstić information content (AvgIpc) is 2.71. The number of nitrogens with one attached hydrogen (secondary N) is 1. The minimum Gasteiger partial charge on any atom is -0.497 e. The quantitative estimate of drug-likeness (QED) is 0.670. The fraction of sp³-hybridized carbons (Fsp3) is 0.391. The normalized spacial score (nSPS) is 11.8. The van der Waals surface area contributed by atoms with E-state index in [1.165, 1.54) is 0 Å². The number of nitrogens with zero attached hydrogens (tertiary/aromatic N) is 1. The van der Waals surface area contributed by atoms with E-state index in [1.807, 2.05) is 50.2 Å². The van der Waals surface area contributed by atoms with Crippen molar-refractivity contribution >= 4 is 23.4 Å². The Labute approximate surface area is 178 Å². The van der Waals surface area contributed by atoms with E-state index in [-0.39, 0.29) is 18.2 Å². The predicted octanol–water partition coefficient (Wildman–Crippen LogP) is 4.08. The van der Waals surface area contributed by atoms with Gasteiger partial charge >= 0.3 is 0 Å². The summed E-state index contributed by atoms with van der Waals surface area (Å²) < 4.78 is 5.28. The van der Waals surface area contributed by atoms with Crippen LogP contribution in [0.1, 0.15) is 31.9 Å². The van der Waals surface area contributed by atoms with Crippen molar-refractivity contribution in [3.05, 3.63) is 64.7 Å². The second-order valence-electron chi connectivity index (χ2n) is 7.49. The molecule has 0 aliphatic heterocycles. The van der Waals surface area contributed by atoms with Crippen molar-refractivity contribution in [1.29, 1.82) is 0 Å². The van der Waals surface area contributed by atoms with E-state index in [1.54, 1.807) is 31.1 Å². The summed E-state index contributed by atoms with van der Waals surface area (Å²) in [4.78, 5) is 27.4. The van der Waals surface area contributed by atoms with Crippen molar-refractivity contribution in [2.45, 2.75) is 39.8 Å². The smallest absolute Gasteiger partial charge is 0.242 e. The maximum absolute atomic E-state index is 13.1. The zero-order chi connectivity index (χ0) is 21.4. The Morgan fingerprint density at radius 2 is 1.76 bits per heavy atom. The molecule has 0 radical (unpaired) electrons. The molecular formula is C23H29ClN2O3. The van der Waals surface area contributed by atoms with Crippen LogP contribution >= 0.6 is 11.6 Å². The molecule has 156 valence electrons. The van der Waals surface area contributed by atoms with Crippen LogP contribution in [0.5, 0.6) is 5.75 Å². The first-order valence-corrected chi connectivity index (χ1v) is 10.1. The van der Waals surface area contributed by atoms with Gasteiger partial charge in [0.25, 0.3) is 0 Å². The monoisotopic (exact) mass is 416 g/mol. The molecule has 5 nitrogen and oxygen atoms in total. The molecule has 0 unspecified atom stereocenters. The average molecular weight is 417 g/mol. The van der Waals surface area contributed by atoms with Crippen molar-refractivity contribution in [3.63, 3.8) is 0 Å². The van der Waals surface area contributed by atoms with E-state index in [9.17, 15) is 9.59 Å². The maximum atomic E-state index is 13.1. The topological polar surface area (TPSA) is 58.6 Å². The lowest BCUT2D eigenvalue weighted by molar-refractivity contribution is -0.140. The van der Waals surface area contributed by atoms with Crippen molar-refractivity contribution in [3.8, 4) is 5.75 Å². The van der Waals surface area contributed by atoms with Crippen LogP contribution in [0.2, 0.25) is 5.02 Å². The second kappa shape index (κ2) is 10.9. The summed E-state index contributed by atoms with van der Waals surface area (Å²) in [6.45, 7) is 6.71. The Morgan fingerprint density at radius 1 is 1.07 bits per heavy atom. The van der Waals surface area contributed by atoms with Crippen LogP contribution in [0.3, 0.4) is 0 Å². The molecule has 0 bridgehead atoms. The highest BCUT2D eigenvalue weighted by Crippen LogP contribution is 2.18. The third-order valence-corrected chi connectivity index (χ3v) is 4.86. The van der Waals surface area contributed by atoms with Crippen LogP contribution in [0.4, 0.5) is 0 Å². The molecule has 0 heterocycles. The zero-order valence-electron chi connectivity index (χ0n) is 17.4. The van der Waals surface area contributed by atoms with Crippen molar-refractivity contribution in [2.24, 2.45) is 5.92 Å². The van der Waals surface area contributed by atoms with Gasteiger partial charge in [-0.3, -0.25) is 9.59 Å². The summed E-state index contributed by atoms with van der Waals surface area (Å²) in [5.74, 6) is 0.764. The van der Waals surface area contributed by atoms with Crippen LogP contribution in [0.25, 0.3) is 0 Å². The van der Waals surface area contributed by atoms with Crippen molar-refractivity contribution in [1.82, 2.24) is 10.2 Å². The lowest BCUT2D eigenvalue weighted by atomic mass is 10.1. The fourth-order valence-corrected chi connectivity index (χ4v) is 3.01. The minimum absolute atomic E-state index is 0.123. The number of carbonyl (C=O) groups excluding carboxylic acids is 2. The summed E-state index contributed by atoms with van der Waals surface area (Å²) >= 11 is 5.94. The lowest BCUT2D eigenvalue weighted by Gasteiger charge is -2.29. The molecule has 0 aromatic heterocycles. The molecule has 0 saturated heterocycles. The van der Waals surface area contributed by atoms with Gasteiger partial charge in [-0.05, 0) is 48.2 Å². The highest BCUT2D eigenvalue weighted by Gasteiger charge is 2.26. The van der Waals surface area contributed by atoms with E-state index < -0.39 is 6.04 Å². The summed E-state index contributed by atoms with van der Waals surface area (Å²) in [5.41, 5.74) is 1.75. The van der Waals surface area contributed by atoms with Crippen LogP contribution in [0.15, 0.2) is 48.5 Å². The standard InChI is InChI=1S/C23H29ClN2O3/c1-16(2)14-25-23(28)17(3)26(15-19-6-5-7-21(12-19)29-4)22(27)13-18-8-10-20(24)11-9-18/h5-12,16-17H,13-15H2,1-4H3,(H,25,28)/t17-/m1/s1. The van der Waals surface area contributed by atoms with E-state index in [4.69, 9.17) is 16.3 Å². The van der Waals surface area contributed by atoms with Crippen molar-refractivity contribution < 1.29 is 14.3 Å². The largest absolute Gasteiger partial charge is 0.497 e. The van der Waals surface area contributed by atoms with Crippen LogP contribution in [-0.2, 0) is 22.6 Å². The molecule has 0 aliphatic carbocycles. The van der Waals surface area contributed by atoms with Gasteiger partial charge in [0.1, 0.15) is 11.8 Å². The number of rotatable bonds is 9. The Balaban J connectivity index is 2.21. The van der Waals surface area contributed by atoms with Crippen LogP contribution < -0.4 is 10.1 Å². The third kappa shape index (κ3) is 7.09. The molecule has 0 spiro atoms. The molecule has 0 fully saturated rings. The van der Waals surface area contributed by atoms with Gasteiger partial charge in [-0.15, -0.1) is 0 Å². The number of hydrogen-bond donors (Lipinski definition) is 1. The minimum atomic E-state index is -0.597. The number of halogens is 1. The zero-order valence-corrected chi connectivity index (χ0v) is 18.2. The molecule has 0 saturated carbocycles. The molecule has 2 aromatic carbocycles. The van der Waals surface area contributed by atoms with Gasteiger partial charge in [0.15, 0.2) is 0 Å². The van der Waals surface area contributed by atoms with Crippen LogP contribution in [-0.4, -0.2) is 36.4 Å². The first kappa shape index (κ1) is 22.8. The summed E-state index contributed by atoms with van der Waals surface area (Å²) in [6.07, 6.45) is 0.197. The molecule has 2 rings (SSSR count). The van der Waals surface area contributed by atoms with E-state index >= 15 is 0 Å². The Bertz CT molecular complexity index is 821. The van der Waals surface area contributed by atoms with E-state index in [2.05, 4.69) is 5.32 Å². The van der Waals surface area contributed by atoms with Crippen LogP contribution in [0, 0.1) is 5.92 Å². The van der Waals surface area contributed by atoms with Gasteiger partial charge in [-0.25, -0.2) is 0 Å². The van der Waals surface area contributed by atoms with Gasteiger partial charge in [0.2, 0.25) is 11.8 Å². The Hall–Kier alpha value is -2.53. The summed E-state index contributed by atoms with van der Waals surface area (Å²) in [6, 6.07) is 14.1. The summed E-state index contributed by atoms with van der Waals surface area (Å²) in [5, 5.41) is 3.54. The number of benzene rings is 2. The Morgan fingerprint density at radius 3 is 2.38 bits per heavy atom. The molecule has 2 amide bonds. The molecule has 1 N–H and O–H groups in total. The molecule has 1 atom stereocenters. The molecule has 29 heavy (non-hydrogen) atoms. The van der Waals surface area contributed by atoms with Gasteiger partial charge in [0, 0.05) is 18.1 Å². The fourth-order valence-electron chi connectivity index (χ4n) is 2.88. The van der Waals surface area contributed by atoms with Gasteiger partial charge in [0.05, 0.1) is 13.5 Å². The number of hydrogen-bond acceptors (Lipinski definition) is 3. The van der Waals surface area contributed by atoms with E-state index in [0.717, 1.165) is 11.1 Å². The molecular weight excluding hydrogens is 388 g/mol. The second-order valence-corrected chi connectivity index (χ2v) is 7.93. The Kier molecular flexibility index (Phi) is 8.52. The highest BCUT2D eigenvalue weighted by molar-refractivity contribution is 6.30. The van der Waals surface area contributed by atoms with Gasteiger partial charge in [-0.2, -0.15) is 0 Å². The number of amides is 2. The number of methoxy groups -OCH3 is 1. The summed E-state index contributed by atoms with van der Waals surface area (Å²) in [7, 11) is 1.60. The highest BCUT2D eigenvalue weighted by atomic mass is 35.5. The lowest BCUT2D eigenvalue weighted by Crippen LogP contribution is -2.48. The van der Waals surface area contributed by atoms with E-state index in [0.29, 0.717) is 29.8 Å². The van der Waals surface area contributed by atoms with Gasteiger partial charge < -0.3 is 15.0 Å². The SMILES string of the molecule is COc1cccc(CN(C(=O)Cc2ccc(Cl)cc2)[C@H](C)C(=O)NCC(C)C)c1. The molecule has 2 aromatic rings. The predicted molar refractivity (Wildman–Crippen MR) is 116 cm³/mol.